The first-order chi connectivity index (χ1) is 11.9. The third-order valence-electron chi connectivity index (χ3n) is 3.83. The molecule has 0 fully saturated rings. The van der Waals surface area contributed by atoms with E-state index in [9.17, 15) is 9.90 Å². The van der Waals surface area contributed by atoms with E-state index >= 15 is 0 Å². The number of esters is 1. The van der Waals surface area contributed by atoms with Gasteiger partial charge in [-0.1, -0.05) is 62.7 Å². The summed E-state index contributed by atoms with van der Waals surface area (Å²) >= 11 is 3.44. The third kappa shape index (κ3) is 7.20. The molecule has 0 aliphatic rings. The summed E-state index contributed by atoms with van der Waals surface area (Å²) in [7, 11) is 1.37. The number of rotatable bonds is 8. The summed E-state index contributed by atoms with van der Waals surface area (Å²) in [6, 6.07) is 5.46. The predicted molar refractivity (Wildman–Crippen MR) is 110 cm³/mol. The van der Waals surface area contributed by atoms with Gasteiger partial charge in [0.2, 0.25) is 0 Å². The van der Waals surface area contributed by atoms with Crippen LogP contribution in [0.25, 0.3) is 5.57 Å². The number of hydrogen-bond donors (Lipinski definition) is 1. The first-order valence-corrected chi connectivity index (χ1v) is 9.86. The molecule has 1 unspecified atom stereocenters. The molecule has 0 saturated heterocycles. The van der Waals surface area contributed by atoms with Gasteiger partial charge in [-0.05, 0) is 30.0 Å². The van der Waals surface area contributed by atoms with E-state index in [1.54, 1.807) is 12.1 Å². The Hall–Kier alpha value is -1.33. The Balaban J connectivity index is 0.00000178. The second-order valence-corrected chi connectivity index (χ2v) is 6.37. The molecule has 0 saturated carbocycles. The average Bonchev–Trinajstić information content (AvgIpc) is 2.64. The molecule has 142 valence electrons. The first kappa shape index (κ1) is 23.7. The minimum absolute atomic E-state index is 0.0311. The molecular formula is C20H32BrNO3. The van der Waals surface area contributed by atoms with Crippen LogP contribution < -0.4 is 4.90 Å². The average molecular weight is 414 g/mol. The zero-order chi connectivity index (χ0) is 19.4. The van der Waals surface area contributed by atoms with E-state index in [4.69, 9.17) is 4.74 Å². The molecule has 0 amide bonds. The Morgan fingerprint density at radius 2 is 1.96 bits per heavy atom. The summed E-state index contributed by atoms with van der Waals surface area (Å²) in [5.74, 6) is -0.0329. The van der Waals surface area contributed by atoms with Gasteiger partial charge in [-0.2, -0.15) is 0 Å². The Bertz CT molecular complexity index is 546. The van der Waals surface area contributed by atoms with Gasteiger partial charge in [-0.25, -0.2) is 4.79 Å². The van der Waals surface area contributed by atoms with Crippen LogP contribution in [0.3, 0.4) is 0 Å². The van der Waals surface area contributed by atoms with Crippen LogP contribution in [0.5, 0.6) is 0 Å². The minimum atomic E-state index is -0.375. The predicted octanol–water partition coefficient (Wildman–Crippen LogP) is 5.10. The van der Waals surface area contributed by atoms with Crippen LogP contribution in [0.15, 0.2) is 24.8 Å². The number of halogens is 1. The number of anilines is 1. The maximum Gasteiger partial charge on any atom is 0.337 e. The van der Waals surface area contributed by atoms with Gasteiger partial charge in [0, 0.05) is 17.8 Å². The standard InChI is InChI=1S/C17H24BrNO3.C3H8/c1-5-12(2)13(3)15-7-6-14(17(21)22-4)10-16(15)19(11-18)8-9-20;1-3-2/h6-7,10,12,20H,3,5,8-9,11H2,1-2,4H3;3H2,1-2H3. The van der Waals surface area contributed by atoms with Crippen molar-refractivity contribution in [1.29, 1.82) is 0 Å². The fourth-order valence-corrected chi connectivity index (χ4v) is 2.71. The van der Waals surface area contributed by atoms with Gasteiger partial charge in [0.1, 0.15) is 0 Å². The molecule has 1 atom stereocenters. The van der Waals surface area contributed by atoms with E-state index in [1.165, 1.54) is 13.5 Å². The molecule has 0 aromatic heterocycles. The van der Waals surface area contributed by atoms with E-state index in [0.29, 0.717) is 23.5 Å². The van der Waals surface area contributed by atoms with E-state index in [2.05, 4.69) is 50.2 Å². The van der Waals surface area contributed by atoms with Crippen LogP contribution in [0.2, 0.25) is 0 Å². The van der Waals surface area contributed by atoms with Crippen LogP contribution in [-0.4, -0.2) is 36.8 Å². The van der Waals surface area contributed by atoms with Gasteiger partial charge in [-0.15, -0.1) is 0 Å². The molecule has 1 aromatic rings. The highest BCUT2D eigenvalue weighted by molar-refractivity contribution is 9.09. The van der Waals surface area contributed by atoms with Crippen molar-refractivity contribution in [3.8, 4) is 0 Å². The number of alkyl halides is 1. The smallest absolute Gasteiger partial charge is 0.337 e. The summed E-state index contributed by atoms with van der Waals surface area (Å²) in [5, 5.41) is 9.26. The van der Waals surface area contributed by atoms with Gasteiger partial charge >= 0.3 is 5.97 Å². The summed E-state index contributed by atoms with van der Waals surface area (Å²) in [4.78, 5) is 13.7. The topological polar surface area (TPSA) is 49.8 Å². The third-order valence-corrected chi connectivity index (χ3v) is 4.43. The molecule has 0 bridgehead atoms. The highest BCUT2D eigenvalue weighted by Crippen LogP contribution is 2.33. The second-order valence-electron chi connectivity index (χ2n) is 5.87. The van der Waals surface area contributed by atoms with Crippen LogP contribution in [0, 0.1) is 5.92 Å². The van der Waals surface area contributed by atoms with Crippen molar-refractivity contribution in [3.63, 3.8) is 0 Å². The summed E-state index contributed by atoms with van der Waals surface area (Å²) in [6.07, 6.45) is 2.24. The fraction of sp³-hybridized carbons (Fsp3) is 0.550. The molecule has 1 rings (SSSR count). The normalized spacial score (nSPS) is 11.2. The Labute approximate surface area is 161 Å². The van der Waals surface area contributed by atoms with Crippen molar-refractivity contribution >= 4 is 33.2 Å². The van der Waals surface area contributed by atoms with Crippen LogP contribution >= 0.6 is 15.9 Å². The van der Waals surface area contributed by atoms with Crippen LogP contribution in [0.1, 0.15) is 56.5 Å². The lowest BCUT2D eigenvalue weighted by molar-refractivity contribution is 0.0601. The van der Waals surface area contributed by atoms with Gasteiger partial charge < -0.3 is 14.7 Å². The lowest BCUT2D eigenvalue weighted by Gasteiger charge is -2.26. The number of methoxy groups -OCH3 is 1. The number of hydrogen-bond acceptors (Lipinski definition) is 4. The van der Waals surface area contributed by atoms with E-state index in [-0.39, 0.29) is 12.6 Å². The number of carbonyl (C=O) groups is 1. The van der Waals surface area contributed by atoms with E-state index in [0.717, 1.165) is 23.2 Å². The molecule has 1 aromatic carbocycles. The minimum Gasteiger partial charge on any atom is -0.465 e. The molecule has 0 spiro atoms. The Kier molecular flexibility index (Phi) is 12.3. The summed E-state index contributed by atoms with van der Waals surface area (Å²) < 4.78 is 4.79. The van der Waals surface area contributed by atoms with E-state index in [1.807, 2.05) is 11.0 Å². The second kappa shape index (κ2) is 13.0. The molecular weight excluding hydrogens is 382 g/mol. The zero-order valence-electron chi connectivity index (χ0n) is 16.1. The van der Waals surface area contributed by atoms with Gasteiger partial charge in [-0.3, -0.25) is 0 Å². The fourth-order valence-electron chi connectivity index (χ4n) is 2.19. The molecule has 0 aliphatic heterocycles. The highest BCUT2D eigenvalue weighted by Gasteiger charge is 2.18. The number of aliphatic hydroxyl groups excluding tert-OH is 1. The van der Waals surface area contributed by atoms with Crippen molar-refractivity contribution in [2.24, 2.45) is 5.92 Å². The number of aliphatic hydroxyl groups is 1. The number of benzene rings is 1. The van der Waals surface area contributed by atoms with Crippen LogP contribution in [-0.2, 0) is 4.74 Å². The zero-order valence-corrected chi connectivity index (χ0v) is 17.7. The summed E-state index contributed by atoms with van der Waals surface area (Å²) in [5.41, 5.74) is 3.94. The molecule has 0 aliphatic carbocycles. The number of nitrogens with zero attached hydrogens (tertiary/aromatic N) is 1. The molecule has 1 N–H and O–H groups in total. The molecule has 4 nitrogen and oxygen atoms in total. The lowest BCUT2D eigenvalue weighted by Crippen LogP contribution is -2.26. The quantitative estimate of drug-likeness (QED) is 0.365. The van der Waals surface area contributed by atoms with Crippen molar-refractivity contribution in [2.75, 3.05) is 30.6 Å². The molecule has 5 heteroatoms. The number of carbonyl (C=O) groups excluding carboxylic acids is 1. The Morgan fingerprint density at radius 3 is 2.40 bits per heavy atom. The lowest BCUT2D eigenvalue weighted by atomic mass is 9.91. The molecule has 0 heterocycles. The monoisotopic (exact) mass is 413 g/mol. The SMILES string of the molecule is C=C(c1ccc(C(=O)OC)cc1N(CBr)CCO)C(C)CC.CCC. The molecule has 25 heavy (non-hydrogen) atoms. The first-order valence-electron chi connectivity index (χ1n) is 8.74. The van der Waals surface area contributed by atoms with Crippen molar-refractivity contribution < 1.29 is 14.6 Å². The number of allylic oxidation sites excluding steroid dienone is 1. The number of ether oxygens (including phenoxy) is 1. The van der Waals surface area contributed by atoms with Crippen LogP contribution in [0.4, 0.5) is 5.69 Å². The van der Waals surface area contributed by atoms with Crippen molar-refractivity contribution in [2.45, 2.75) is 40.5 Å². The maximum absolute atomic E-state index is 11.8. The highest BCUT2D eigenvalue weighted by atomic mass is 79.9. The van der Waals surface area contributed by atoms with Gasteiger partial charge in [0.05, 0.1) is 24.7 Å². The molecule has 0 radical (unpaired) electrons. The Morgan fingerprint density at radius 1 is 1.36 bits per heavy atom. The van der Waals surface area contributed by atoms with Crippen molar-refractivity contribution in [1.82, 2.24) is 0 Å². The van der Waals surface area contributed by atoms with E-state index < -0.39 is 0 Å². The van der Waals surface area contributed by atoms with Crippen molar-refractivity contribution in [3.05, 3.63) is 35.9 Å². The summed E-state index contributed by atoms with van der Waals surface area (Å²) in [6.45, 7) is 13.2. The van der Waals surface area contributed by atoms with Gasteiger partial charge in [0.25, 0.3) is 0 Å². The van der Waals surface area contributed by atoms with Gasteiger partial charge in [0.15, 0.2) is 0 Å². The largest absolute Gasteiger partial charge is 0.465 e. The maximum atomic E-state index is 11.8.